The van der Waals surface area contributed by atoms with E-state index in [0.717, 1.165) is 5.75 Å². The summed E-state index contributed by atoms with van der Waals surface area (Å²) in [5, 5.41) is 9.18. The minimum atomic E-state index is -0.776. The van der Waals surface area contributed by atoms with Crippen LogP contribution in [0.2, 0.25) is 0 Å². The van der Waals surface area contributed by atoms with Crippen LogP contribution in [0.1, 0.15) is 23.7 Å². The van der Waals surface area contributed by atoms with Crippen LogP contribution in [0.4, 0.5) is 0 Å². The first-order chi connectivity index (χ1) is 12.0. The summed E-state index contributed by atoms with van der Waals surface area (Å²) in [6, 6.07) is 16.5. The minimum Gasteiger partial charge on any atom is -0.481 e. The Bertz CT molecular complexity index is 742. The van der Waals surface area contributed by atoms with Crippen molar-refractivity contribution < 1.29 is 19.4 Å². The Morgan fingerprint density at radius 1 is 1.04 bits per heavy atom. The van der Waals surface area contributed by atoms with Gasteiger partial charge >= 0.3 is 5.97 Å². The van der Waals surface area contributed by atoms with E-state index < -0.39 is 5.97 Å². The highest BCUT2D eigenvalue weighted by atomic mass is 16.5. The molecule has 1 aliphatic rings. The van der Waals surface area contributed by atoms with E-state index in [1.807, 2.05) is 37.3 Å². The lowest BCUT2D eigenvalue weighted by Gasteiger charge is -2.35. The summed E-state index contributed by atoms with van der Waals surface area (Å²) in [5.74, 6) is 0.150. The van der Waals surface area contributed by atoms with Gasteiger partial charge in [-0.3, -0.25) is 9.59 Å². The molecule has 1 heterocycles. The Kier molecular flexibility index (Phi) is 5.03. The Hall–Kier alpha value is -2.82. The highest BCUT2D eigenvalue weighted by Gasteiger charge is 2.33. The zero-order valence-electron chi connectivity index (χ0n) is 14.1. The van der Waals surface area contributed by atoms with E-state index >= 15 is 0 Å². The number of hydrogen-bond acceptors (Lipinski definition) is 3. The predicted octanol–water partition coefficient (Wildman–Crippen LogP) is 3.66. The van der Waals surface area contributed by atoms with E-state index in [1.54, 1.807) is 29.2 Å². The molecular weight excluding hydrogens is 318 g/mol. The van der Waals surface area contributed by atoms with Crippen molar-refractivity contribution in [2.24, 2.45) is 11.8 Å². The van der Waals surface area contributed by atoms with E-state index in [-0.39, 0.29) is 17.7 Å². The van der Waals surface area contributed by atoms with Gasteiger partial charge < -0.3 is 14.7 Å². The Labute approximate surface area is 146 Å². The molecule has 5 heteroatoms. The number of carboxylic acids is 1. The zero-order valence-corrected chi connectivity index (χ0v) is 14.1. The lowest BCUT2D eigenvalue weighted by atomic mass is 9.87. The average molecular weight is 339 g/mol. The Morgan fingerprint density at radius 3 is 2.28 bits per heavy atom. The minimum absolute atomic E-state index is 0.0455. The fraction of sp³-hybridized carbons (Fsp3) is 0.300. The molecule has 2 aromatic rings. The van der Waals surface area contributed by atoms with Gasteiger partial charge in [-0.05, 0) is 48.7 Å². The molecule has 2 atom stereocenters. The van der Waals surface area contributed by atoms with Crippen LogP contribution in [-0.4, -0.2) is 35.0 Å². The van der Waals surface area contributed by atoms with Gasteiger partial charge in [-0.15, -0.1) is 0 Å². The summed E-state index contributed by atoms with van der Waals surface area (Å²) in [6.45, 7) is 2.83. The van der Waals surface area contributed by atoms with Crippen molar-refractivity contribution in [1.82, 2.24) is 4.90 Å². The van der Waals surface area contributed by atoms with Crippen molar-refractivity contribution in [3.05, 3.63) is 60.2 Å². The number of aliphatic carboxylic acids is 1. The summed E-state index contributed by atoms with van der Waals surface area (Å²) in [6.07, 6.45) is 0.497. The standard InChI is InChI=1S/C20H21NO4/c1-14-13-21(12-11-18(14)20(23)24)19(22)15-7-9-17(10-8-15)25-16-5-3-2-4-6-16/h2-10,14,18H,11-13H2,1H3,(H,23,24). The molecule has 1 aliphatic heterocycles. The molecule has 2 unspecified atom stereocenters. The summed E-state index contributed by atoms with van der Waals surface area (Å²) in [7, 11) is 0. The molecule has 0 saturated carbocycles. The first-order valence-electron chi connectivity index (χ1n) is 8.39. The first-order valence-corrected chi connectivity index (χ1v) is 8.39. The second-order valence-electron chi connectivity index (χ2n) is 6.40. The molecule has 2 aromatic carbocycles. The SMILES string of the molecule is CC1CN(C(=O)c2ccc(Oc3ccccc3)cc2)CCC1C(=O)O. The van der Waals surface area contributed by atoms with Crippen LogP contribution in [0, 0.1) is 11.8 Å². The van der Waals surface area contributed by atoms with Crippen molar-refractivity contribution in [2.45, 2.75) is 13.3 Å². The number of carbonyl (C=O) groups is 2. The topological polar surface area (TPSA) is 66.8 Å². The van der Waals surface area contributed by atoms with Crippen LogP contribution in [0.5, 0.6) is 11.5 Å². The molecule has 1 saturated heterocycles. The van der Waals surface area contributed by atoms with Gasteiger partial charge in [0, 0.05) is 18.7 Å². The van der Waals surface area contributed by atoms with E-state index in [4.69, 9.17) is 4.74 Å². The summed E-state index contributed by atoms with van der Waals surface area (Å²) < 4.78 is 5.73. The fourth-order valence-corrected chi connectivity index (χ4v) is 3.17. The number of nitrogens with zero attached hydrogens (tertiary/aromatic N) is 1. The Balaban J connectivity index is 1.64. The largest absolute Gasteiger partial charge is 0.481 e. The first kappa shape index (κ1) is 17.0. The highest BCUT2D eigenvalue weighted by Crippen LogP contribution is 2.26. The molecule has 25 heavy (non-hydrogen) atoms. The van der Waals surface area contributed by atoms with Crippen LogP contribution < -0.4 is 4.74 Å². The quantitative estimate of drug-likeness (QED) is 0.923. The van der Waals surface area contributed by atoms with E-state index in [0.29, 0.717) is 30.8 Å². The maximum atomic E-state index is 12.6. The third-order valence-electron chi connectivity index (χ3n) is 4.59. The summed E-state index contributed by atoms with van der Waals surface area (Å²) >= 11 is 0. The maximum Gasteiger partial charge on any atom is 0.306 e. The number of carboxylic acid groups (broad SMARTS) is 1. The molecule has 5 nitrogen and oxygen atoms in total. The molecule has 1 amide bonds. The second kappa shape index (κ2) is 7.38. The molecular formula is C20H21NO4. The smallest absolute Gasteiger partial charge is 0.306 e. The number of ether oxygens (including phenoxy) is 1. The third kappa shape index (κ3) is 3.99. The Morgan fingerprint density at radius 2 is 1.68 bits per heavy atom. The molecule has 0 radical (unpaired) electrons. The summed E-state index contributed by atoms with van der Waals surface area (Å²) in [5.41, 5.74) is 0.585. The fourth-order valence-electron chi connectivity index (χ4n) is 3.17. The van der Waals surface area contributed by atoms with Crippen LogP contribution in [0.25, 0.3) is 0 Å². The van der Waals surface area contributed by atoms with Gasteiger partial charge in [0.2, 0.25) is 0 Å². The molecule has 0 aromatic heterocycles. The number of rotatable bonds is 4. The monoisotopic (exact) mass is 339 g/mol. The number of para-hydroxylation sites is 1. The predicted molar refractivity (Wildman–Crippen MR) is 93.8 cm³/mol. The van der Waals surface area contributed by atoms with Gasteiger partial charge in [0.15, 0.2) is 0 Å². The van der Waals surface area contributed by atoms with Crippen molar-refractivity contribution in [3.8, 4) is 11.5 Å². The lowest BCUT2D eigenvalue weighted by Crippen LogP contribution is -2.44. The second-order valence-corrected chi connectivity index (χ2v) is 6.40. The number of piperidine rings is 1. The van der Waals surface area contributed by atoms with Crippen molar-refractivity contribution in [3.63, 3.8) is 0 Å². The van der Waals surface area contributed by atoms with Gasteiger partial charge in [-0.1, -0.05) is 25.1 Å². The number of carbonyl (C=O) groups excluding carboxylic acids is 1. The average Bonchev–Trinajstić information content (AvgIpc) is 2.62. The number of benzene rings is 2. The van der Waals surface area contributed by atoms with Gasteiger partial charge in [0.05, 0.1) is 5.92 Å². The van der Waals surface area contributed by atoms with Crippen LogP contribution in [0.15, 0.2) is 54.6 Å². The van der Waals surface area contributed by atoms with Gasteiger partial charge in [0.25, 0.3) is 5.91 Å². The lowest BCUT2D eigenvalue weighted by molar-refractivity contribution is -0.145. The normalized spacial score (nSPS) is 20.1. The third-order valence-corrected chi connectivity index (χ3v) is 4.59. The van der Waals surface area contributed by atoms with Crippen molar-refractivity contribution >= 4 is 11.9 Å². The van der Waals surface area contributed by atoms with Gasteiger partial charge in [-0.2, -0.15) is 0 Å². The zero-order chi connectivity index (χ0) is 17.8. The molecule has 130 valence electrons. The summed E-state index contributed by atoms with van der Waals surface area (Å²) in [4.78, 5) is 25.5. The molecule has 1 N–H and O–H groups in total. The number of hydrogen-bond donors (Lipinski definition) is 1. The van der Waals surface area contributed by atoms with Crippen LogP contribution in [0.3, 0.4) is 0 Å². The van der Waals surface area contributed by atoms with Crippen LogP contribution in [-0.2, 0) is 4.79 Å². The molecule has 1 fully saturated rings. The number of amides is 1. The van der Waals surface area contributed by atoms with E-state index in [2.05, 4.69) is 0 Å². The molecule has 0 aliphatic carbocycles. The van der Waals surface area contributed by atoms with Gasteiger partial charge in [-0.25, -0.2) is 0 Å². The number of likely N-dealkylation sites (tertiary alicyclic amines) is 1. The maximum absolute atomic E-state index is 12.6. The van der Waals surface area contributed by atoms with Crippen LogP contribution >= 0.6 is 0 Å². The molecule has 3 rings (SSSR count). The molecule has 0 spiro atoms. The van der Waals surface area contributed by atoms with Crippen molar-refractivity contribution in [2.75, 3.05) is 13.1 Å². The van der Waals surface area contributed by atoms with E-state index in [9.17, 15) is 14.7 Å². The highest BCUT2D eigenvalue weighted by molar-refractivity contribution is 5.94. The van der Waals surface area contributed by atoms with Crippen molar-refractivity contribution in [1.29, 1.82) is 0 Å². The molecule has 0 bridgehead atoms. The van der Waals surface area contributed by atoms with E-state index in [1.165, 1.54) is 0 Å². The van der Waals surface area contributed by atoms with Gasteiger partial charge in [0.1, 0.15) is 11.5 Å².